The van der Waals surface area contributed by atoms with Crippen LogP contribution in [-0.4, -0.2) is 0 Å². The first kappa shape index (κ1) is 38.7. The van der Waals surface area contributed by atoms with Gasteiger partial charge in [0.05, 0.1) is 16.8 Å². The molecule has 1 aliphatic rings. The molecule has 0 aliphatic heterocycles. The molecule has 2 nitrogen and oxygen atoms in total. The first-order valence-corrected chi connectivity index (χ1v) is 23.1. The molecule has 0 N–H and O–H groups in total. The Morgan fingerprint density at radius 2 is 0.836 bits per heavy atom. The zero-order valence-corrected chi connectivity index (χ0v) is 36.7. The Labute approximate surface area is 390 Å². The van der Waals surface area contributed by atoms with Crippen LogP contribution in [0.5, 0.6) is 0 Å². The summed E-state index contributed by atoms with van der Waals surface area (Å²) in [5, 5.41) is 4.50. The molecule has 0 bridgehead atoms. The number of anilines is 3. The maximum atomic E-state index is 7.03. The highest BCUT2D eigenvalue weighted by atomic mass is 16.3. The predicted octanol–water partition coefficient (Wildman–Crippen LogP) is 17.6. The molecule has 13 rings (SSSR count). The summed E-state index contributed by atoms with van der Waals surface area (Å²) in [6.45, 7) is 0. The smallest absolute Gasteiger partial charge is 0.143 e. The van der Waals surface area contributed by atoms with Gasteiger partial charge in [0.25, 0.3) is 0 Å². The third kappa shape index (κ3) is 6.11. The van der Waals surface area contributed by atoms with Gasteiger partial charge < -0.3 is 9.32 Å². The van der Waals surface area contributed by atoms with E-state index in [4.69, 9.17) is 4.42 Å². The summed E-state index contributed by atoms with van der Waals surface area (Å²) in [6.07, 6.45) is 0. The van der Waals surface area contributed by atoms with Crippen molar-refractivity contribution >= 4 is 49.8 Å². The average Bonchev–Trinajstić information content (AvgIpc) is 3.95. The zero-order valence-electron chi connectivity index (χ0n) is 36.7. The van der Waals surface area contributed by atoms with Crippen LogP contribution in [0, 0.1) is 0 Å². The minimum absolute atomic E-state index is 0.550. The van der Waals surface area contributed by atoms with Crippen LogP contribution in [0.25, 0.3) is 77.2 Å². The normalized spacial score (nSPS) is 12.6. The van der Waals surface area contributed by atoms with Crippen LogP contribution in [0.2, 0.25) is 0 Å². The molecule has 2 heteroatoms. The second-order valence-electron chi connectivity index (χ2n) is 17.5. The summed E-state index contributed by atoms with van der Waals surface area (Å²) < 4.78 is 7.03. The molecular formula is C65H43NO. The van der Waals surface area contributed by atoms with Gasteiger partial charge in [-0.2, -0.15) is 0 Å². The van der Waals surface area contributed by atoms with Crippen LogP contribution in [0.1, 0.15) is 22.3 Å². The molecule has 0 unspecified atom stereocenters. The highest BCUT2D eigenvalue weighted by Gasteiger charge is 2.47. The topological polar surface area (TPSA) is 16.4 Å². The van der Waals surface area contributed by atoms with Crippen LogP contribution in [0.4, 0.5) is 17.1 Å². The number of fused-ring (bicyclic) bond motifs is 8. The summed E-state index contributed by atoms with van der Waals surface area (Å²) in [5.74, 6) is 0. The van der Waals surface area contributed by atoms with Crippen LogP contribution >= 0.6 is 0 Å². The number of nitrogens with zero attached hydrogens (tertiary/aromatic N) is 1. The monoisotopic (exact) mass is 853 g/mol. The SMILES string of the molecule is c1ccc(-c2cccc(-c3ccc(N(c4ccccc4-c4cccc5c4oc4c6ccccc6ccc54)c4cccc5c4-c4ccccc4C5(c4ccccc4)c4ccccc4)cc3)c2)cc1. The number of furan rings is 1. The Balaban J connectivity index is 1.06. The van der Waals surface area contributed by atoms with E-state index in [1.54, 1.807) is 0 Å². The lowest BCUT2D eigenvalue weighted by molar-refractivity contribution is 0.674. The molecule has 0 saturated heterocycles. The Bertz CT molecular complexity index is 3760. The Hall–Kier alpha value is -8.72. The van der Waals surface area contributed by atoms with Crippen molar-refractivity contribution in [3.8, 4) is 44.5 Å². The van der Waals surface area contributed by atoms with E-state index in [1.165, 1.54) is 50.1 Å². The van der Waals surface area contributed by atoms with Crippen molar-refractivity contribution in [3.05, 3.63) is 283 Å². The molecule has 11 aromatic carbocycles. The molecule has 0 atom stereocenters. The molecule has 0 amide bonds. The lowest BCUT2D eigenvalue weighted by Gasteiger charge is -2.34. The Morgan fingerprint density at radius 1 is 0.313 bits per heavy atom. The van der Waals surface area contributed by atoms with Gasteiger partial charge in [-0.3, -0.25) is 0 Å². The number of para-hydroxylation sites is 2. The van der Waals surface area contributed by atoms with E-state index in [-0.39, 0.29) is 0 Å². The van der Waals surface area contributed by atoms with E-state index < -0.39 is 5.41 Å². The third-order valence-corrected chi connectivity index (χ3v) is 14.0. The molecule has 0 spiro atoms. The van der Waals surface area contributed by atoms with Gasteiger partial charge in [0.15, 0.2) is 0 Å². The van der Waals surface area contributed by atoms with E-state index in [1.807, 2.05) is 0 Å². The maximum absolute atomic E-state index is 7.03. The second-order valence-corrected chi connectivity index (χ2v) is 17.5. The van der Waals surface area contributed by atoms with Crippen LogP contribution in [0.15, 0.2) is 265 Å². The molecule has 1 aliphatic carbocycles. The molecule has 1 aromatic heterocycles. The minimum atomic E-state index is -0.550. The van der Waals surface area contributed by atoms with Gasteiger partial charge in [-0.1, -0.05) is 224 Å². The summed E-state index contributed by atoms with van der Waals surface area (Å²) >= 11 is 0. The fourth-order valence-electron chi connectivity index (χ4n) is 11.0. The molecule has 0 radical (unpaired) electrons. The van der Waals surface area contributed by atoms with Crippen molar-refractivity contribution in [2.45, 2.75) is 5.41 Å². The summed E-state index contributed by atoms with van der Waals surface area (Å²) in [5.41, 5.74) is 18.8. The van der Waals surface area contributed by atoms with Gasteiger partial charge in [-0.25, -0.2) is 0 Å². The van der Waals surface area contributed by atoms with Crippen LogP contribution < -0.4 is 4.90 Å². The van der Waals surface area contributed by atoms with E-state index in [0.717, 1.165) is 66.5 Å². The summed E-state index contributed by atoms with van der Waals surface area (Å²) in [7, 11) is 0. The quantitative estimate of drug-likeness (QED) is 0.151. The fraction of sp³-hybridized carbons (Fsp3) is 0.0154. The van der Waals surface area contributed by atoms with E-state index in [2.05, 4.69) is 266 Å². The second kappa shape index (κ2) is 15.8. The van der Waals surface area contributed by atoms with Gasteiger partial charge in [-0.15, -0.1) is 0 Å². The Morgan fingerprint density at radius 3 is 1.60 bits per heavy atom. The zero-order chi connectivity index (χ0) is 44.3. The molecule has 1 heterocycles. The van der Waals surface area contributed by atoms with Gasteiger partial charge in [0, 0.05) is 38.5 Å². The van der Waals surface area contributed by atoms with Crippen molar-refractivity contribution in [2.75, 3.05) is 4.90 Å². The standard InChI is InChI=1S/C65H43NO/c1-4-19-44(20-5-1)47-22-16-23-48(43-47)45-37-40-51(41-38-45)66(60-35-15-13-29-53(60)54-31-17-32-55-56-42-39-46-21-10-11-28-52(46)63(56)67-64(54)55)61-36-18-34-59-62(61)57-30-12-14-33-58(57)65(59,49-24-6-2-7-25-49)50-26-8-3-9-27-50/h1-43H. The van der Waals surface area contributed by atoms with Crippen LogP contribution in [0.3, 0.4) is 0 Å². The van der Waals surface area contributed by atoms with Gasteiger partial charge >= 0.3 is 0 Å². The van der Waals surface area contributed by atoms with E-state index in [9.17, 15) is 0 Å². The number of rotatable bonds is 8. The predicted molar refractivity (Wildman–Crippen MR) is 280 cm³/mol. The molecule has 67 heavy (non-hydrogen) atoms. The largest absolute Gasteiger partial charge is 0.455 e. The first-order chi connectivity index (χ1) is 33.3. The van der Waals surface area contributed by atoms with Crippen LogP contribution in [-0.2, 0) is 5.41 Å². The molecule has 314 valence electrons. The van der Waals surface area contributed by atoms with Gasteiger partial charge in [0.1, 0.15) is 11.2 Å². The molecule has 0 fully saturated rings. The molecule has 0 saturated carbocycles. The number of benzene rings is 11. The van der Waals surface area contributed by atoms with Crippen molar-refractivity contribution < 1.29 is 4.42 Å². The number of hydrogen-bond acceptors (Lipinski definition) is 2. The first-order valence-electron chi connectivity index (χ1n) is 23.1. The highest BCUT2D eigenvalue weighted by Crippen LogP contribution is 2.60. The Kier molecular flexibility index (Phi) is 9.11. The summed E-state index contributed by atoms with van der Waals surface area (Å²) in [4.78, 5) is 2.48. The average molecular weight is 854 g/mol. The lowest BCUT2D eigenvalue weighted by Crippen LogP contribution is -2.28. The van der Waals surface area contributed by atoms with Crippen molar-refractivity contribution in [3.63, 3.8) is 0 Å². The van der Waals surface area contributed by atoms with Crippen molar-refractivity contribution in [2.24, 2.45) is 0 Å². The summed E-state index contributed by atoms with van der Waals surface area (Å²) in [6, 6.07) is 95.0. The number of hydrogen-bond donors (Lipinski definition) is 0. The molecule has 12 aromatic rings. The van der Waals surface area contributed by atoms with Gasteiger partial charge in [-0.05, 0) is 91.9 Å². The highest BCUT2D eigenvalue weighted by molar-refractivity contribution is 6.18. The van der Waals surface area contributed by atoms with Crippen molar-refractivity contribution in [1.29, 1.82) is 0 Å². The van der Waals surface area contributed by atoms with Crippen molar-refractivity contribution in [1.82, 2.24) is 0 Å². The maximum Gasteiger partial charge on any atom is 0.143 e. The van der Waals surface area contributed by atoms with E-state index >= 15 is 0 Å². The third-order valence-electron chi connectivity index (χ3n) is 14.0. The lowest BCUT2D eigenvalue weighted by atomic mass is 9.68. The van der Waals surface area contributed by atoms with E-state index in [0.29, 0.717) is 0 Å². The molecular weight excluding hydrogens is 811 g/mol. The minimum Gasteiger partial charge on any atom is -0.455 e. The van der Waals surface area contributed by atoms with Gasteiger partial charge in [0.2, 0.25) is 0 Å². The fourth-order valence-corrected chi connectivity index (χ4v) is 11.0.